The zero-order valence-electron chi connectivity index (χ0n) is 18.2. The summed E-state index contributed by atoms with van der Waals surface area (Å²) in [6.07, 6.45) is 4.42. The highest BCUT2D eigenvalue weighted by Gasteiger charge is 2.25. The number of aromatic nitrogens is 2. The summed E-state index contributed by atoms with van der Waals surface area (Å²) in [4.78, 5) is 7.54. The summed E-state index contributed by atoms with van der Waals surface area (Å²) in [5.74, 6) is 0.726. The highest BCUT2D eigenvalue weighted by molar-refractivity contribution is 9.11. The van der Waals surface area contributed by atoms with Gasteiger partial charge in [0.15, 0.2) is 0 Å². The van der Waals surface area contributed by atoms with Crippen LogP contribution in [0.2, 0.25) is 0 Å². The molecule has 1 aliphatic heterocycles. The van der Waals surface area contributed by atoms with Crippen LogP contribution in [-0.4, -0.2) is 34.4 Å². The third-order valence-electron chi connectivity index (χ3n) is 6.50. The summed E-state index contributed by atoms with van der Waals surface area (Å²) in [6.45, 7) is 8.90. The lowest BCUT2D eigenvalue weighted by Gasteiger charge is -2.34. The Morgan fingerprint density at radius 3 is 2.29 bits per heavy atom. The van der Waals surface area contributed by atoms with Crippen LogP contribution >= 0.6 is 47.8 Å². The van der Waals surface area contributed by atoms with Gasteiger partial charge in [0.05, 0.1) is 5.69 Å². The van der Waals surface area contributed by atoms with E-state index in [4.69, 9.17) is 10.1 Å². The summed E-state index contributed by atoms with van der Waals surface area (Å²) < 4.78 is 5.33. The number of hydrogen-bond acceptors (Lipinski definition) is 3. The molecule has 2 aromatic heterocycles. The number of aliphatic hydroxyl groups is 1. The summed E-state index contributed by atoms with van der Waals surface area (Å²) in [5.41, 5.74) is 6.90. The molecule has 1 aliphatic rings. The average molecular weight is 614 g/mol. The van der Waals surface area contributed by atoms with E-state index in [1.807, 2.05) is 0 Å². The molecular weight excluding hydrogens is 586 g/mol. The molecular formula is C24H28Br3N3O. The van der Waals surface area contributed by atoms with Crippen molar-refractivity contribution in [3.05, 3.63) is 48.6 Å². The van der Waals surface area contributed by atoms with Crippen molar-refractivity contribution in [2.24, 2.45) is 5.92 Å². The van der Waals surface area contributed by atoms with E-state index in [1.54, 1.807) is 0 Å². The lowest BCUT2D eigenvalue weighted by molar-refractivity contribution is 0.261. The Balaban J connectivity index is 1.82. The van der Waals surface area contributed by atoms with Gasteiger partial charge in [-0.3, -0.25) is 4.57 Å². The van der Waals surface area contributed by atoms with Gasteiger partial charge >= 0.3 is 0 Å². The Morgan fingerprint density at radius 2 is 1.68 bits per heavy atom. The van der Waals surface area contributed by atoms with Crippen molar-refractivity contribution in [2.75, 3.05) is 24.6 Å². The van der Waals surface area contributed by atoms with Crippen molar-refractivity contribution in [1.82, 2.24) is 9.55 Å². The Hall–Kier alpha value is -0.890. The first-order valence-corrected chi connectivity index (χ1v) is 13.2. The number of pyridine rings is 1. The van der Waals surface area contributed by atoms with E-state index >= 15 is 0 Å². The van der Waals surface area contributed by atoms with Crippen molar-refractivity contribution in [1.29, 1.82) is 0 Å². The number of nitrogens with zero attached hydrogens (tertiary/aromatic N) is 3. The molecule has 0 amide bonds. The van der Waals surface area contributed by atoms with Crippen molar-refractivity contribution < 1.29 is 5.11 Å². The molecule has 0 saturated carbocycles. The van der Waals surface area contributed by atoms with Crippen LogP contribution in [0.25, 0.3) is 16.7 Å². The van der Waals surface area contributed by atoms with Gasteiger partial charge in [-0.05, 0) is 108 Å². The summed E-state index contributed by atoms with van der Waals surface area (Å²) in [7, 11) is 0. The molecule has 0 aliphatic carbocycles. The monoisotopic (exact) mass is 611 g/mol. The SMILES string of the molecule is Cc1cc(N2CCC(CCCO)CC2)c2c(C)c(C)n(-c3c(Br)cc(Br)cc3Br)c2n1. The van der Waals surface area contributed by atoms with E-state index in [1.165, 1.54) is 35.2 Å². The van der Waals surface area contributed by atoms with Crippen LogP contribution < -0.4 is 4.90 Å². The van der Waals surface area contributed by atoms with Crippen molar-refractivity contribution in [2.45, 2.75) is 46.5 Å². The lowest BCUT2D eigenvalue weighted by atomic mass is 9.92. The van der Waals surface area contributed by atoms with Crippen LogP contribution in [0, 0.1) is 26.7 Å². The first kappa shape index (κ1) is 23.3. The molecule has 0 radical (unpaired) electrons. The molecule has 1 N–H and O–H groups in total. The van der Waals surface area contributed by atoms with E-state index < -0.39 is 0 Å². The standard InChI is InChI=1S/C24H28Br3N3O/c1-14-11-21(29-8-6-17(7-9-29)5-4-10-31)22-15(2)16(3)30(24(22)28-14)23-19(26)12-18(25)13-20(23)27/h11-13,17,31H,4-10H2,1-3H3. The van der Waals surface area contributed by atoms with Crippen LogP contribution in [0.5, 0.6) is 0 Å². The van der Waals surface area contributed by atoms with Crippen LogP contribution in [-0.2, 0) is 0 Å². The Morgan fingerprint density at radius 1 is 1.03 bits per heavy atom. The van der Waals surface area contributed by atoms with Gasteiger partial charge in [0, 0.05) is 55.6 Å². The maximum absolute atomic E-state index is 9.15. The lowest BCUT2D eigenvalue weighted by Crippen LogP contribution is -2.34. The van der Waals surface area contributed by atoms with Crippen LogP contribution in [0.3, 0.4) is 0 Å². The molecule has 0 bridgehead atoms. The Kier molecular flexibility index (Phi) is 7.16. The molecule has 4 rings (SSSR count). The number of fused-ring (bicyclic) bond motifs is 1. The second-order valence-corrected chi connectivity index (χ2v) is 11.2. The van der Waals surface area contributed by atoms with Crippen molar-refractivity contribution >= 4 is 64.5 Å². The summed E-state index contributed by atoms with van der Waals surface area (Å²) in [5, 5.41) is 10.4. The van der Waals surface area contributed by atoms with Gasteiger partial charge in [-0.25, -0.2) is 4.98 Å². The Labute approximate surface area is 209 Å². The fourth-order valence-electron chi connectivity index (χ4n) is 4.78. The third kappa shape index (κ3) is 4.48. The molecule has 0 spiro atoms. The number of anilines is 1. The molecule has 7 heteroatoms. The number of aryl methyl sites for hydroxylation is 2. The Bertz CT molecular complexity index is 1090. The second kappa shape index (κ2) is 9.54. The van der Waals surface area contributed by atoms with Gasteiger partial charge in [0.2, 0.25) is 0 Å². The number of aliphatic hydroxyl groups excluding tert-OH is 1. The zero-order chi connectivity index (χ0) is 22.3. The first-order valence-electron chi connectivity index (χ1n) is 10.8. The van der Waals surface area contributed by atoms with E-state index in [0.717, 1.165) is 62.3 Å². The highest BCUT2D eigenvalue weighted by Crippen LogP contribution is 2.41. The third-order valence-corrected chi connectivity index (χ3v) is 8.17. The van der Waals surface area contributed by atoms with E-state index in [2.05, 4.69) is 96.2 Å². The molecule has 4 nitrogen and oxygen atoms in total. The largest absolute Gasteiger partial charge is 0.396 e. The fraction of sp³-hybridized carbons (Fsp3) is 0.458. The maximum Gasteiger partial charge on any atom is 0.147 e. The molecule has 3 heterocycles. The number of rotatable bonds is 5. The number of benzene rings is 1. The number of hydrogen-bond donors (Lipinski definition) is 1. The first-order chi connectivity index (χ1) is 14.8. The van der Waals surface area contributed by atoms with Crippen molar-refractivity contribution in [3.63, 3.8) is 0 Å². The molecule has 0 unspecified atom stereocenters. The van der Waals surface area contributed by atoms with E-state index in [9.17, 15) is 0 Å². The van der Waals surface area contributed by atoms with Gasteiger partial charge in [-0.1, -0.05) is 15.9 Å². The summed E-state index contributed by atoms with van der Waals surface area (Å²) >= 11 is 11.1. The predicted octanol–water partition coefficient (Wildman–Crippen LogP) is 7.23. The molecule has 31 heavy (non-hydrogen) atoms. The van der Waals surface area contributed by atoms with Crippen LogP contribution in [0.4, 0.5) is 5.69 Å². The molecule has 166 valence electrons. The zero-order valence-corrected chi connectivity index (χ0v) is 22.9. The summed E-state index contributed by atoms with van der Waals surface area (Å²) in [6, 6.07) is 6.40. The van der Waals surface area contributed by atoms with E-state index in [0.29, 0.717) is 6.61 Å². The minimum absolute atomic E-state index is 0.303. The van der Waals surface area contributed by atoms with Gasteiger partial charge in [-0.2, -0.15) is 0 Å². The van der Waals surface area contributed by atoms with Crippen LogP contribution in [0.1, 0.15) is 42.6 Å². The topological polar surface area (TPSA) is 41.3 Å². The van der Waals surface area contributed by atoms with Crippen molar-refractivity contribution in [3.8, 4) is 5.69 Å². The molecule has 1 saturated heterocycles. The number of halogens is 3. The minimum atomic E-state index is 0.303. The normalized spacial score (nSPS) is 15.3. The molecule has 1 aromatic carbocycles. The van der Waals surface area contributed by atoms with Gasteiger partial charge in [-0.15, -0.1) is 0 Å². The van der Waals surface area contributed by atoms with Gasteiger partial charge in [0.25, 0.3) is 0 Å². The minimum Gasteiger partial charge on any atom is -0.396 e. The molecule has 1 fully saturated rings. The number of piperidine rings is 1. The highest BCUT2D eigenvalue weighted by atomic mass is 79.9. The fourth-order valence-corrected chi connectivity index (χ4v) is 7.40. The second-order valence-electron chi connectivity index (χ2n) is 8.54. The smallest absolute Gasteiger partial charge is 0.147 e. The van der Waals surface area contributed by atoms with Crippen LogP contribution in [0.15, 0.2) is 31.6 Å². The molecule has 3 aromatic rings. The maximum atomic E-state index is 9.15. The predicted molar refractivity (Wildman–Crippen MR) is 140 cm³/mol. The molecule has 0 atom stereocenters. The van der Waals surface area contributed by atoms with Gasteiger partial charge < -0.3 is 10.0 Å². The van der Waals surface area contributed by atoms with Gasteiger partial charge in [0.1, 0.15) is 5.65 Å². The average Bonchev–Trinajstić information content (AvgIpc) is 2.96. The van der Waals surface area contributed by atoms with E-state index in [-0.39, 0.29) is 0 Å². The quantitative estimate of drug-likeness (QED) is 0.330.